The van der Waals surface area contributed by atoms with E-state index in [1.54, 1.807) is 13.3 Å². The standard InChI is InChI=1S/C65H101N11O7/c1-50-23-21-25-59(70-50)76(64(81)56-30-29-55(82-5)44-58(56)74-40-32-51(33-41-74)48-83-62-43-53(31-37-69-62)57(45-63(79)80)52-27-28-52)49-65(2,3)34-42-75-46-54(71-72-75)24-19-17-15-13-11-9-7-6-8-10-12-14-16-18-20-26-60(77)67-36-22-39-73(4)47-61(78)68-38-35-66/h21,23,25,29-31,37,43-44,46,51-52,57H,6-20,22,24,26-28,32-36,38-42,45,47-49,66H2,1-5H3,(H,67,77)(H,68,78)(H,79,80)/t57-/m0/s1. The summed E-state index contributed by atoms with van der Waals surface area (Å²) >= 11 is 0. The molecule has 4 heterocycles. The molecule has 6 rings (SSSR count). The second kappa shape index (κ2) is 35.9. The molecule has 0 radical (unpaired) electrons. The molecule has 0 spiro atoms. The normalized spacial score (nSPS) is 14.2. The topological polar surface area (TPSA) is 223 Å². The van der Waals surface area contributed by atoms with Gasteiger partial charge in [-0.3, -0.25) is 33.7 Å². The highest BCUT2D eigenvalue weighted by atomic mass is 16.5. The maximum absolute atomic E-state index is 15.1. The van der Waals surface area contributed by atoms with Gasteiger partial charge in [0.25, 0.3) is 5.91 Å². The van der Waals surface area contributed by atoms with Crippen molar-refractivity contribution in [2.75, 3.05) is 82.9 Å². The fraction of sp³-hybridized carbons (Fsp3) is 0.662. The van der Waals surface area contributed by atoms with Crippen LogP contribution in [0.4, 0.5) is 11.5 Å². The summed E-state index contributed by atoms with van der Waals surface area (Å²) in [4.78, 5) is 66.1. The number of likely N-dealkylation sites (N-methyl/N-ethyl adjacent to an activating group) is 1. The van der Waals surface area contributed by atoms with Crippen molar-refractivity contribution in [2.45, 2.75) is 187 Å². The molecular weight excluding hydrogens is 1050 g/mol. The van der Waals surface area contributed by atoms with Crippen LogP contribution in [0, 0.1) is 24.2 Å². The highest BCUT2D eigenvalue weighted by Crippen LogP contribution is 2.45. The lowest BCUT2D eigenvalue weighted by molar-refractivity contribution is -0.137. The molecule has 1 saturated carbocycles. The van der Waals surface area contributed by atoms with Crippen molar-refractivity contribution < 1.29 is 33.8 Å². The van der Waals surface area contributed by atoms with Crippen molar-refractivity contribution in [1.29, 1.82) is 0 Å². The van der Waals surface area contributed by atoms with Crippen LogP contribution in [0.15, 0.2) is 60.9 Å². The largest absolute Gasteiger partial charge is 0.497 e. The third-order valence-corrected chi connectivity index (χ3v) is 16.5. The Bertz CT molecular complexity index is 2560. The van der Waals surface area contributed by atoms with Gasteiger partial charge in [0.15, 0.2) is 0 Å². The number of pyridine rings is 2. The van der Waals surface area contributed by atoms with Crippen molar-refractivity contribution in [3.63, 3.8) is 0 Å². The number of carbonyl (C=O) groups excluding carboxylic acids is 3. The number of aromatic nitrogens is 5. The summed E-state index contributed by atoms with van der Waals surface area (Å²) in [5.74, 6) is 1.77. The fourth-order valence-corrected chi connectivity index (χ4v) is 11.3. The van der Waals surface area contributed by atoms with Gasteiger partial charge in [-0.05, 0) is 131 Å². The number of hydrogen-bond acceptors (Lipinski definition) is 13. The predicted molar refractivity (Wildman–Crippen MR) is 329 cm³/mol. The van der Waals surface area contributed by atoms with E-state index >= 15 is 4.79 Å². The van der Waals surface area contributed by atoms with Gasteiger partial charge >= 0.3 is 5.97 Å². The second-order valence-electron chi connectivity index (χ2n) is 24.4. The number of aliphatic carboxylic acids is 1. The van der Waals surface area contributed by atoms with Crippen LogP contribution in [-0.2, 0) is 27.3 Å². The lowest BCUT2D eigenvalue weighted by Crippen LogP contribution is -2.42. The molecule has 2 aliphatic rings. The number of benzene rings is 1. The maximum Gasteiger partial charge on any atom is 0.303 e. The van der Waals surface area contributed by atoms with Gasteiger partial charge < -0.3 is 35.8 Å². The van der Waals surface area contributed by atoms with Crippen LogP contribution in [0.5, 0.6) is 11.6 Å². The molecule has 3 amide bonds. The number of nitrogens with two attached hydrogens (primary N) is 1. The highest BCUT2D eigenvalue weighted by Gasteiger charge is 2.35. The molecule has 2 fully saturated rings. The minimum atomic E-state index is -0.779. The Balaban J connectivity index is 0.840. The number of unbranched alkanes of at least 4 members (excludes halogenated alkanes) is 14. The first kappa shape index (κ1) is 66.0. The van der Waals surface area contributed by atoms with Crippen LogP contribution < -0.4 is 35.6 Å². The number of anilines is 2. The lowest BCUT2D eigenvalue weighted by atomic mass is 9.88. The molecule has 18 heteroatoms. The van der Waals surface area contributed by atoms with Crippen molar-refractivity contribution in [3.05, 3.63) is 83.4 Å². The molecule has 1 aliphatic heterocycles. The summed E-state index contributed by atoms with van der Waals surface area (Å²) in [6, 6.07) is 15.4. The van der Waals surface area contributed by atoms with Gasteiger partial charge in [0.2, 0.25) is 17.7 Å². The number of carboxylic acids is 1. The maximum atomic E-state index is 15.1. The molecule has 1 aliphatic carbocycles. The molecule has 1 aromatic carbocycles. The van der Waals surface area contributed by atoms with Gasteiger partial charge in [0, 0.05) is 89.0 Å². The number of nitrogens with zero attached hydrogens (tertiary/aromatic N) is 8. The van der Waals surface area contributed by atoms with Crippen LogP contribution in [0.1, 0.15) is 195 Å². The Morgan fingerprint density at radius 1 is 0.831 bits per heavy atom. The van der Waals surface area contributed by atoms with Crippen molar-refractivity contribution >= 4 is 35.2 Å². The quantitative estimate of drug-likeness (QED) is 0.0303. The van der Waals surface area contributed by atoms with Gasteiger partial charge in [0.05, 0.1) is 43.6 Å². The highest BCUT2D eigenvalue weighted by molar-refractivity contribution is 6.09. The van der Waals surface area contributed by atoms with E-state index in [4.69, 9.17) is 20.2 Å². The average Bonchev–Trinajstić information content (AvgIpc) is 4.39. The molecule has 5 N–H and O–H groups in total. The fourth-order valence-electron chi connectivity index (χ4n) is 11.3. The van der Waals surface area contributed by atoms with Gasteiger partial charge in [-0.15, -0.1) is 5.10 Å². The molecule has 18 nitrogen and oxygen atoms in total. The molecule has 458 valence electrons. The Labute approximate surface area is 495 Å². The summed E-state index contributed by atoms with van der Waals surface area (Å²) in [7, 11) is 3.56. The molecule has 0 bridgehead atoms. The minimum Gasteiger partial charge on any atom is -0.497 e. The Morgan fingerprint density at radius 3 is 2.16 bits per heavy atom. The van der Waals surface area contributed by atoms with Gasteiger partial charge in [-0.2, -0.15) is 0 Å². The van der Waals surface area contributed by atoms with Crippen molar-refractivity contribution in [3.8, 4) is 11.6 Å². The third kappa shape index (κ3) is 24.5. The number of hydrogen-bond donors (Lipinski definition) is 4. The molecular formula is C65H101N11O7. The first-order valence-corrected chi connectivity index (χ1v) is 31.5. The van der Waals surface area contributed by atoms with Gasteiger partial charge in [-0.1, -0.05) is 109 Å². The molecule has 83 heavy (non-hydrogen) atoms. The number of methoxy groups -OCH3 is 1. The van der Waals surface area contributed by atoms with Crippen LogP contribution in [0.3, 0.4) is 0 Å². The van der Waals surface area contributed by atoms with E-state index in [-0.39, 0.29) is 35.5 Å². The SMILES string of the molecule is COc1ccc(C(=O)N(CC(C)(C)CCn2cc(CCCCCCCCCCCCCCCCCC(=O)NCCCN(C)CC(=O)NCCN)nn2)c2cccc(C)n2)c(N2CCC(COc3cc([C@@H](CC(=O)O)C4CC4)ccn3)CC2)c1. The first-order valence-electron chi connectivity index (χ1n) is 31.5. The van der Waals surface area contributed by atoms with Gasteiger partial charge in [0.1, 0.15) is 11.6 Å². The van der Waals surface area contributed by atoms with Crippen LogP contribution in [0.2, 0.25) is 0 Å². The summed E-state index contributed by atoms with van der Waals surface area (Å²) in [5, 5.41) is 24.4. The zero-order valence-corrected chi connectivity index (χ0v) is 51.1. The zero-order chi connectivity index (χ0) is 59.2. The van der Waals surface area contributed by atoms with E-state index in [0.29, 0.717) is 87.1 Å². The van der Waals surface area contributed by atoms with E-state index in [0.717, 1.165) is 106 Å². The van der Waals surface area contributed by atoms with Crippen LogP contribution in [-0.4, -0.2) is 132 Å². The van der Waals surface area contributed by atoms with E-state index in [9.17, 15) is 19.5 Å². The summed E-state index contributed by atoms with van der Waals surface area (Å²) in [5.41, 5.74) is 9.44. The van der Waals surface area contributed by atoms with E-state index in [1.165, 1.54) is 77.0 Å². The Morgan fingerprint density at radius 2 is 1.51 bits per heavy atom. The van der Waals surface area contributed by atoms with Crippen molar-refractivity contribution in [2.24, 2.45) is 23.0 Å². The smallest absolute Gasteiger partial charge is 0.303 e. The number of ether oxygens (including phenoxy) is 2. The monoisotopic (exact) mass is 1150 g/mol. The molecule has 0 unspecified atom stereocenters. The first-order chi connectivity index (χ1) is 40.2. The Kier molecular flexibility index (Phi) is 28.5. The van der Waals surface area contributed by atoms with Crippen LogP contribution in [0.25, 0.3) is 0 Å². The second-order valence-corrected chi connectivity index (χ2v) is 24.4. The van der Waals surface area contributed by atoms with Gasteiger partial charge in [-0.25, -0.2) is 9.97 Å². The van der Waals surface area contributed by atoms with Crippen molar-refractivity contribution in [1.82, 2.24) is 40.5 Å². The molecule has 1 saturated heterocycles. The molecule has 4 aromatic rings. The Hall–Kier alpha value is -6.14. The number of carboxylic acid groups (broad SMARTS) is 1. The van der Waals surface area contributed by atoms with E-state index in [1.807, 2.05) is 77.0 Å². The number of carbonyl (C=O) groups is 4. The summed E-state index contributed by atoms with van der Waals surface area (Å²) < 4.78 is 13.9. The zero-order valence-electron chi connectivity index (χ0n) is 51.1. The molecule has 3 aromatic heterocycles. The summed E-state index contributed by atoms with van der Waals surface area (Å²) in [6.45, 7) is 12.2. The molecule has 1 atom stereocenters. The summed E-state index contributed by atoms with van der Waals surface area (Å²) in [6.07, 6.45) is 29.5. The number of rotatable bonds is 42. The number of aryl methyl sites for hydroxylation is 3. The van der Waals surface area contributed by atoms with Crippen LogP contribution >= 0.6 is 0 Å². The number of piperidine rings is 1. The van der Waals surface area contributed by atoms with E-state index < -0.39 is 5.97 Å². The lowest BCUT2D eigenvalue weighted by Gasteiger charge is -2.36. The average molecular weight is 1150 g/mol. The van der Waals surface area contributed by atoms with E-state index in [2.05, 4.69) is 50.9 Å². The predicted octanol–water partition coefficient (Wildman–Crippen LogP) is 10.7. The minimum absolute atomic E-state index is 0.0134. The number of nitrogens with one attached hydrogen (secondary N) is 2. The number of amides is 3. The third-order valence-electron chi connectivity index (χ3n) is 16.5.